The van der Waals surface area contributed by atoms with Crippen LogP contribution in [0.25, 0.3) is 0 Å². The van der Waals surface area contributed by atoms with E-state index in [0.717, 1.165) is 23.1 Å². The van der Waals surface area contributed by atoms with Crippen molar-refractivity contribution in [1.29, 1.82) is 0 Å². The molecule has 0 saturated carbocycles. The number of rotatable bonds is 10. The van der Waals surface area contributed by atoms with Gasteiger partial charge in [0.05, 0.1) is 19.8 Å². The van der Waals surface area contributed by atoms with Crippen LogP contribution < -0.4 is 4.74 Å². The molecular weight excluding hydrogens is 448 g/mol. The number of para-hydroxylation sites is 1. The van der Waals surface area contributed by atoms with E-state index in [0.29, 0.717) is 19.0 Å². The van der Waals surface area contributed by atoms with Crippen LogP contribution in [0.2, 0.25) is 0 Å². The van der Waals surface area contributed by atoms with Gasteiger partial charge >= 0.3 is 0 Å². The maximum absolute atomic E-state index is 11.5. The molecule has 4 N–H and O–H groups in total. The van der Waals surface area contributed by atoms with Crippen LogP contribution in [0.5, 0.6) is 5.75 Å². The van der Waals surface area contributed by atoms with Gasteiger partial charge in [-0.1, -0.05) is 72.8 Å². The molecule has 0 unspecified atom stereocenters. The Morgan fingerprint density at radius 2 is 1.43 bits per heavy atom. The van der Waals surface area contributed by atoms with E-state index in [1.165, 1.54) is 0 Å². The molecule has 0 aromatic heterocycles. The Morgan fingerprint density at radius 1 is 0.800 bits per heavy atom. The molecule has 5 atom stereocenters. The Labute approximate surface area is 205 Å². The van der Waals surface area contributed by atoms with Gasteiger partial charge in [0, 0.05) is 6.42 Å². The molecule has 0 spiro atoms. The molecule has 7 heteroatoms. The summed E-state index contributed by atoms with van der Waals surface area (Å²) in [7, 11) is 0. The predicted molar refractivity (Wildman–Crippen MR) is 130 cm³/mol. The first kappa shape index (κ1) is 25.3. The number of aliphatic hydroxyl groups excluding tert-OH is 3. The molecule has 4 rings (SSSR count). The van der Waals surface area contributed by atoms with Crippen LogP contribution >= 0.6 is 0 Å². The van der Waals surface area contributed by atoms with Gasteiger partial charge in [-0.2, -0.15) is 0 Å². The molecular formula is C28H32O7. The summed E-state index contributed by atoms with van der Waals surface area (Å²) < 4.78 is 17.3. The van der Waals surface area contributed by atoms with E-state index < -0.39 is 36.8 Å². The lowest BCUT2D eigenvalue weighted by Gasteiger charge is -2.47. The molecule has 1 aliphatic rings. The number of hydrogen-bond acceptors (Lipinski definition) is 7. The van der Waals surface area contributed by atoms with Crippen LogP contribution in [-0.2, 0) is 28.9 Å². The second-order valence-corrected chi connectivity index (χ2v) is 8.83. The first-order valence-corrected chi connectivity index (χ1v) is 11.8. The second kappa shape index (κ2) is 11.8. The number of aliphatic hydroxyl groups is 4. The van der Waals surface area contributed by atoms with Crippen LogP contribution in [-0.4, -0.2) is 63.8 Å². The molecule has 3 aromatic carbocycles. The van der Waals surface area contributed by atoms with E-state index in [-0.39, 0.29) is 6.42 Å². The molecule has 1 aliphatic heterocycles. The summed E-state index contributed by atoms with van der Waals surface area (Å²) in [6.45, 7) is 0.611. The van der Waals surface area contributed by atoms with Gasteiger partial charge in [-0.05, 0) is 35.2 Å². The Kier molecular flexibility index (Phi) is 8.51. The normalized spacial score (nSPS) is 26.4. The Bertz CT molecular complexity index is 1030. The van der Waals surface area contributed by atoms with Crippen LogP contribution in [0, 0.1) is 0 Å². The molecule has 0 radical (unpaired) electrons. The maximum atomic E-state index is 11.5. The van der Waals surface area contributed by atoms with Crippen LogP contribution in [0.4, 0.5) is 0 Å². The third-order valence-corrected chi connectivity index (χ3v) is 6.25. The van der Waals surface area contributed by atoms with E-state index >= 15 is 0 Å². The van der Waals surface area contributed by atoms with Crippen molar-refractivity contribution in [2.24, 2.45) is 0 Å². The quantitative estimate of drug-likeness (QED) is 0.330. The summed E-state index contributed by atoms with van der Waals surface area (Å²) in [5.74, 6) is 0.432. The smallest absolute Gasteiger partial charge is 0.232 e. The van der Waals surface area contributed by atoms with Crippen molar-refractivity contribution in [3.05, 3.63) is 102 Å². The zero-order valence-corrected chi connectivity index (χ0v) is 19.4. The molecule has 35 heavy (non-hydrogen) atoms. The van der Waals surface area contributed by atoms with Crippen LogP contribution in [0.3, 0.4) is 0 Å². The highest BCUT2D eigenvalue weighted by atomic mass is 16.7. The van der Waals surface area contributed by atoms with Crippen molar-refractivity contribution in [3.8, 4) is 5.75 Å². The fourth-order valence-corrected chi connectivity index (χ4v) is 4.19. The molecule has 3 aromatic rings. The minimum atomic E-state index is -1.94. The molecule has 186 valence electrons. The standard InChI is InChI=1S/C28H32O7/c29-18-24-25(30)26(31)28(32,27(35-24)34-23-9-5-2-6-10-23)17-21-13-11-20(12-14-21)15-16-33-19-22-7-3-1-4-8-22/h1-14,24-27,29-32H,15-19H2/t24-,25-,26+,27-,28-/m1/s1. The highest BCUT2D eigenvalue weighted by Crippen LogP contribution is 2.34. The second-order valence-electron chi connectivity index (χ2n) is 8.83. The fraction of sp³-hybridized carbons (Fsp3) is 0.357. The van der Waals surface area contributed by atoms with Crippen molar-refractivity contribution in [1.82, 2.24) is 0 Å². The molecule has 1 heterocycles. The Hall–Kier alpha value is -2.78. The van der Waals surface area contributed by atoms with Gasteiger partial charge in [0.15, 0.2) is 5.60 Å². The van der Waals surface area contributed by atoms with E-state index in [2.05, 4.69) is 0 Å². The molecule has 0 aliphatic carbocycles. The summed E-state index contributed by atoms with van der Waals surface area (Å²) in [4.78, 5) is 0. The first-order chi connectivity index (χ1) is 17.0. The highest BCUT2D eigenvalue weighted by molar-refractivity contribution is 5.26. The molecule has 1 saturated heterocycles. The SMILES string of the molecule is OC[C@H]1O[C@@H](Oc2ccccc2)[C@@](O)(Cc2ccc(CCOCc3ccccc3)cc2)[C@@H](O)[C@@H]1O. The van der Waals surface area contributed by atoms with Crippen molar-refractivity contribution in [3.63, 3.8) is 0 Å². The van der Waals surface area contributed by atoms with Crippen molar-refractivity contribution in [2.45, 2.75) is 49.7 Å². The third-order valence-electron chi connectivity index (χ3n) is 6.25. The highest BCUT2D eigenvalue weighted by Gasteiger charge is 2.56. The Balaban J connectivity index is 1.40. The predicted octanol–water partition coefficient (Wildman–Crippen LogP) is 2.24. The summed E-state index contributed by atoms with van der Waals surface area (Å²) in [5.41, 5.74) is 0.996. The van der Waals surface area contributed by atoms with Crippen molar-refractivity contribution in [2.75, 3.05) is 13.2 Å². The van der Waals surface area contributed by atoms with Crippen LogP contribution in [0.1, 0.15) is 16.7 Å². The molecule has 1 fully saturated rings. The number of hydrogen-bond donors (Lipinski definition) is 4. The average molecular weight is 481 g/mol. The lowest BCUT2D eigenvalue weighted by molar-refractivity contribution is -0.320. The van der Waals surface area contributed by atoms with Gasteiger partial charge in [0.1, 0.15) is 24.1 Å². The third kappa shape index (κ3) is 6.27. The van der Waals surface area contributed by atoms with E-state index in [9.17, 15) is 20.4 Å². The lowest BCUT2D eigenvalue weighted by Crippen LogP contribution is -2.68. The van der Waals surface area contributed by atoms with E-state index in [1.54, 1.807) is 24.3 Å². The van der Waals surface area contributed by atoms with Gasteiger partial charge in [0.25, 0.3) is 0 Å². The summed E-state index contributed by atoms with van der Waals surface area (Å²) in [6, 6.07) is 26.4. The van der Waals surface area contributed by atoms with Crippen molar-refractivity contribution >= 4 is 0 Å². The van der Waals surface area contributed by atoms with Gasteiger partial charge in [-0.3, -0.25) is 0 Å². The largest absolute Gasteiger partial charge is 0.462 e. The van der Waals surface area contributed by atoms with Gasteiger partial charge in [-0.25, -0.2) is 0 Å². The van der Waals surface area contributed by atoms with Crippen molar-refractivity contribution < 1.29 is 34.6 Å². The van der Waals surface area contributed by atoms with Gasteiger partial charge < -0.3 is 34.6 Å². The maximum Gasteiger partial charge on any atom is 0.232 e. The summed E-state index contributed by atoms with van der Waals surface area (Å²) in [5, 5.41) is 42.3. The fourth-order valence-electron chi connectivity index (χ4n) is 4.19. The Morgan fingerprint density at radius 3 is 2.09 bits per heavy atom. The first-order valence-electron chi connectivity index (χ1n) is 11.8. The average Bonchev–Trinajstić information content (AvgIpc) is 2.89. The van der Waals surface area contributed by atoms with Gasteiger partial charge in [0.2, 0.25) is 6.29 Å². The minimum Gasteiger partial charge on any atom is -0.462 e. The number of benzene rings is 3. The summed E-state index contributed by atoms with van der Waals surface area (Å²) >= 11 is 0. The van der Waals surface area contributed by atoms with E-state index in [4.69, 9.17) is 14.2 Å². The summed E-state index contributed by atoms with van der Waals surface area (Å²) in [6.07, 6.45) is -4.73. The van der Waals surface area contributed by atoms with Crippen LogP contribution in [0.15, 0.2) is 84.9 Å². The minimum absolute atomic E-state index is 0.0222. The van der Waals surface area contributed by atoms with E-state index in [1.807, 2.05) is 60.7 Å². The monoisotopic (exact) mass is 480 g/mol. The lowest BCUT2D eigenvalue weighted by atomic mass is 9.81. The molecule has 0 amide bonds. The molecule has 0 bridgehead atoms. The van der Waals surface area contributed by atoms with Gasteiger partial charge in [-0.15, -0.1) is 0 Å². The number of ether oxygens (including phenoxy) is 3. The molecule has 7 nitrogen and oxygen atoms in total. The zero-order chi connectivity index (χ0) is 24.7. The topological polar surface area (TPSA) is 109 Å². The zero-order valence-electron chi connectivity index (χ0n) is 19.4.